The van der Waals surface area contributed by atoms with Crippen molar-refractivity contribution in [2.24, 2.45) is 7.05 Å². The molecule has 1 aromatic carbocycles. The van der Waals surface area contributed by atoms with E-state index in [-0.39, 0.29) is 12.0 Å². The molecule has 0 radical (unpaired) electrons. The summed E-state index contributed by atoms with van der Waals surface area (Å²) < 4.78 is 27.1. The van der Waals surface area contributed by atoms with E-state index in [0.717, 1.165) is 31.4 Å². The molecule has 3 rings (SSSR count). The second-order valence-corrected chi connectivity index (χ2v) is 5.56. The molecule has 6 heteroatoms. The van der Waals surface area contributed by atoms with Gasteiger partial charge in [-0.3, -0.25) is 4.68 Å². The molecular weight excluding hydrogens is 285 g/mol. The predicted molar refractivity (Wildman–Crippen MR) is 81.4 cm³/mol. The van der Waals surface area contributed by atoms with Gasteiger partial charge in [-0.25, -0.2) is 4.39 Å². The highest BCUT2D eigenvalue weighted by molar-refractivity contribution is 5.68. The lowest BCUT2D eigenvalue weighted by Gasteiger charge is -2.22. The summed E-state index contributed by atoms with van der Waals surface area (Å²) in [4.78, 5) is 0. The normalized spacial score (nSPS) is 18.5. The second kappa shape index (κ2) is 6.46. The van der Waals surface area contributed by atoms with Crippen LogP contribution in [0.3, 0.4) is 0 Å². The van der Waals surface area contributed by atoms with Crippen molar-refractivity contribution in [3.8, 4) is 11.1 Å². The van der Waals surface area contributed by atoms with Crippen molar-refractivity contribution in [3.05, 3.63) is 35.9 Å². The Hall–Kier alpha value is -1.92. The van der Waals surface area contributed by atoms with E-state index in [1.165, 1.54) is 0 Å². The summed E-state index contributed by atoms with van der Waals surface area (Å²) in [5, 5.41) is 4.07. The SMILES string of the molecule is Cn1cc(-c2cc(COC3CCCCO3)cc(N)c2F)cn1. The summed E-state index contributed by atoms with van der Waals surface area (Å²) >= 11 is 0. The Morgan fingerprint density at radius 3 is 3.00 bits per heavy atom. The minimum absolute atomic E-state index is 0.115. The number of rotatable bonds is 4. The molecule has 22 heavy (non-hydrogen) atoms. The van der Waals surface area contributed by atoms with Crippen LogP contribution in [0.5, 0.6) is 0 Å². The zero-order valence-corrected chi connectivity index (χ0v) is 12.6. The molecule has 118 valence electrons. The molecule has 1 saturated heterocycles. The molecule has 0 bridgehead atoms. The summed E-state index contributed by atoms with van der Waals surface area (Å²) in [6, 6.07) is 3.36. The third-order valence-corrected chi connectivity index (χ3v) is 3.75. The van der Waals surface area contributed by atoms with Gasteiger partial charge in [0.25, 0.3) is 0 Å². The summed E-state index contributed by atoms with van der Waals surface area (Å²) in [5.41, 5.74) is 7.86. The largest absolute Gasteiger partial charge is 0.396 e. The predicted octanol–water partition coefficient (Wildman–Crippen LogP) is 2.85. The number of nitrogens with zero attached hydrogens (tertiary/aromatic N) is 2. The van der Waals surface area contributed by atoms with Crippen LogP contribution in [-0.4, -0.2) is 22.7 Å². The van der Waals surface area contributed by atoms with Crippen LogP contribution >= 0.6 is 0 Å². The minimum atomic E-state index is -0.425. The molecule has 1 unspecified atom stereocenters. The molecule has 1 aliphatic rings. The van der Waals surface area contributed by atoms with E-state index < -0.39 is 5.82 Å². The Balaban J connectivity index is 1.78. The summed E-state index contributed by atoms with van der Waals surface area (Å²) in [5.74, 6) is -0.425. The van der Waals surface area contributed by atoms with Gasteiger partial charge in [-0.05, 0) is 37.0 Å². The van der Waals surface area contributed by atoms with Crippen LogP contribution in [0.2, 0.25) is 0 Å². The van der Waals surface area contributed by atoms with Crippen molar-refractivity contribution in [2.75, 3.05) is 12.3 Å². The smallest absolute Gasteiger partial charge is 0.158 e. The van der Waals surface area contributed by atoms with E-state index in [2.05, 4.69) is 5.10 Å². The molecule has 2 heterocycles. The van der Waals surface area contributed by atoms with Crippen molar-refractivity contribution in [3.63, 3.8) is 0 Å². The highest BCUT2D eigenvalue weighted by atomic mass is 19.1. The lowest BCUT2D eigenvalue weighted by Crippen LogP contribution is -2.22. The fourth-order valence-electron chi connectivity index (χ4n) is 2.59. The number of benzene rings is 1. The number of hydrogen-bond acceptors (Lipinski definition) is 4. The molecule has 1 atom stereocenters. The Bertz CT molecular complexity index is 651. The van der Waals surface area contributed by atoms with Crippen LogP contribution in [-0.2, 0) is 23.1 Å². The van der Waals surface area contributed by atoms with Gasteiger partial charge in [0.05, 0.1) is 18.5 Å². The first-order valence-electron chi connectivity index (χ1n) is 7.43. The van der Waals surface area contributed by atoms with Gasteiger partial charge in [-0.2, -0.15) is 5.10 Å². The van der Waals surface area contributed by atoms with Gasteiger partial charge in [0.1, 0.15) is 0 Å². The van der Waals surface area contributed by atoms with Crippen molar-refractivity contribution in [1.29, 1.82) is 0 Å². The Labute approximate surface area is 128 Å². The van der Waals surface area contributed by atoms with Crippen molar-refractivity contribution >= 4 is 5.69 Å². The van der Waals surface area contributed by atoms with Gasteiger partial charge in [-0.15, -0.1) is 0 Å². The van der Waals surface area contributed by atoms with Gasteiger partial charge in [0.2, 0.25) is 0 Å². The first-order chi connectivity index (χ1) is 10.6. The average molecular weight is 305 g/mol. The number of ether oxygens (including phenoxy) is 2. The molecular formula is C16H20FN3O2. The molecule has 1 fully saturated rings. The van der Waals surface area contributed by atoms with Crippen LogP contribution in [0.25, 0.3) is 11.1 Å². The van der Waals surface area contributed by atoms with E-state index in [0.29, 0.717) is 17.7 Å². The van der Waals surface area contributed by atoms with Crippen LogP contribution in [0.15, 0.2) is 24.5 Å². The molecule has 0 saturated carbocycles. The van der Waals surface area contributed by atoms with Gasteiger partial charge in [0.15, 0.2) is 12.1 Å². The second-order valence-electron chi connectivity index (χ2n) is 5.56. The molecule has 1 aliphatic heterocycles. The monoisotopic (exact) mass is 305 g/mol. The van der Waals surface area contributed by atoms with E-state index in [4.69, 9.17) is 15.2 Å². The Morgan fingerprint density at radius 2 is 2.32 bits per heavy atom. The summed E-state index contributed by atoms with van der Waals surface area (Å²) in [7, 11) is 1.79. The zero-order valence-electron chi connectivity index (χ0n) is 12.6. The van der Waals surface area contributed by atoms with Crippen LogP contribution in [0.1, 0.15) is 24.8 Å². The number of halogens is 1. The maximum atomic E-state index is 14.2. The lowest BCUT2D eigenvalue weighted by atomic mass is 10.0. The van der Waals surface area contributed by atoms with Crippen LogP contribution in [0, 0.1) is 5.82 Å². The van der Waals surface area contributed by atoms with E-state index in [1.807, 2.05) is 0 Å². The third-order valence-electron chi connectivity index (χ3n) is 3.75. The molecule has 2 N–H and O–H groups in total. The number of nitrogens with two attached hydrogens (primary N) is 1. The highest BCUT2D eigenvalue weighted by Crippen LogP contribution is 2.28. The Kier molecular flexibility index (Phi) is 4.40. The molecule has 0 aliphatic carbocycles. The Morgan fingerprint density at radius 1 is 1.45 bits per heavy atom. The first-order valence-corrected chi connectivity index (χ1v) is 7.43. The maximum Gasteiger partial charge on any atom is 0.158 e. The average Bonchev–Trinajstić information content (AvgIpc) is 2.95. The number of aromatic nitrogens is 2. The van der Waals surface area contributed by atoms with Gasteiger partial charge in [-0.1, -0.05) is 0 Å². The van der Waals surface area contributed by atoms with E-state index in [9.17, 15) is 4.39 Å². The topological polar surface area (TPSA) is 62.3 Å². The number of hydrogen-bond donors (Lipinski definition) is 1. The zero-order chi connectivity index (χ0) is 15.5. The molecule has 2 aromatic rings. The van der Waals surface area contributed by atoms with Crippen LogP contribution in [0.4, 0.5) is 10.1 Å². The molecule has 1 aromatic heterocycles. The quantitative estimate of drug-likeness (QED) is 0.882. The standard InChI is InChI=1S/C16H20FN3O2/c1-20-9-12(8-19-20)13-6-11(7-14(18)16(13)17)10-22-15-4-2-3-5-21-15/h6-9,15H,2-5,10,18H2,1H3. The highest BCUT2D eigenvalue weighted by Gasteiger charge is 2.16. The number of nitrogen functional groups attached to an aromatic ring is 1. The fourth-order valence-corrected chi connectivity index (χ4v) is 2.59. The van der Waals surface area contributed by atoms with E-state index in [1.54, 1.807) is 36.3 Å². The minimum Gasteiger partial charge on any atom is -0.396 e. The van der Waals surface area contributed by atoms with Gasteiger partial charge in [0, 0.05) is 31.0 Å². The first kappa shape index (κ1) is 15.0. The van der Waals surface area contributed by atoms with Crippen molar-refractivity contribution < 1.29 is 13.9 Å². The van der Waals surface area contributed by atoms with Gasteiger partial charge >= 0.3 is 0 Å². The summed E-state index contributed by atoms with van der Waals surface area (Å²) in [6.45, 7) is 1.08. The fraction of sp³-hybridized carbons (Fsp3) is 0.438. The number of aryl methyl sites for hydroxylation is 1. The third kappa shape index (κ3) is 3.28. The van der Waals surface area contributed by atoms with Gasteiger partial charge < -0.3 is 15.2 Å². The summed E-state index contributed by atoms with van der Waals surface area (Å²) in [6.07, 6.45) is 6.28. The van der Waals surface area contributed by atoms with Crippen LogP contribution < -0.4 is 5.73 Å². The maximum absolute atomic E-state index is 14.2. The van der Waals surface area contributed by atoms with E-state index >= 15 is 0 Å². The molecule has 0 amide bonds. The molecule has 5 nitrogen and oxygen atoms in total. The number of anilines is 1. The lowest BCUT2D eigenvalue weighted by molar-refractivity contribution is -0.168. The van der Waals surface area contributed by atoms with Crippen molar-refractivity contribution in [1.82, 2.24) is 9.78 Å². The molecule has 0 spiro atoms. The van der Waals surface area contributed by atoms with Crippen molar-refractivity contribution in [2.45, 2.75) is 32.2 Å².